The molecule has 154 valence electrons. The third-order valence-corrected chi connectivity index (χ3v) is 4.42. The van der Waals surface area contributed by atoms with E-state index in [0.717, 1.165) is 11.8 Å². The molecule has 1 saturated heterocycles. The van der Waals surface area contributed by atoms with Crippen LogP contribution in [0.4, 0.5) is 5.69 Å². The van der Waals surface area contributed by atoms with Gasteiger partial charge in [-0.2, -0.15) is 5.26 Å². The maximum atomic E-state index is 12.4. The van der Waals surface area contributed by atoms with Gasteiger partial charge in [0, 0.05) is 31.9 Å². The quantitative estimate of drug-likeness (QED) is 0.319. The number of carbonyl (C=O) groups is 2. The van der Waals surface area contributed by atoms with E-state index in [0.29, 0.717) is 26.2 Å². The zero-order valence-electron chi connectivity index (χ0n) is 16.8. The summed E-state index contributed by atoms with van der Waals surface area (Å²) < 4.78 is 9.93. The molecule has 0 atom stereocenters. The molecule has 1 aliphatic rings. The highest BCUT2D eigenvalue weighted by atomic mass is 16.5. The molecule has 1 heterocycles. The summed E-state index contributed by atoms with van der Waals surface area (Å²) in [7, 11) is 0. The second-order valence-electron chi connectivity index (χ2n) is 6.22. The molecule has 0 unspecified atom stereocenters. The number of hydrogen-bond acceptors (Lipinski definition) is 8. The Morgan fingerprint density at radius 1 is 1.07 bits per heavy atom. The molecule has 0 amide bonds. The third kappa shape index (κ3) is 5.75. The zero-order chi connectivity index (χ0) is 21.2. The highest BCUT2D eigenvalue weighted by Gasteiger charge is 2.24. The predicted octanol–water partition coefficient (Wildman–Crippen LogP) is 1.56. The van der Waals surface area contributed by atoms with Crippen LogP contribution in [0.2, 0.25) is 0 Å². The Balaban J connectivity index is 2.25. The van der Waals surface area contributed by atoms with Gasteiger partial charge >= 0.3 is 11.9 Å². The topological polar surface area (TPSA) is 109 Å². The number of anilines is 1. The van der Waals surface area contributed by atoms with Crippen LogP contribution >= 0.6 is 0 Å². The minimum absolute atomic E-state index is 0.0235. The SMILES string of the molecule is CCOC(=O)/C(C#N)=C/C(C(=O)OCC)=C(/N)N1CCN(c2ccccc2)CC1. The van der Waals surface area contributed by atoms with Crippen molar-refractivity contribution in [1.82, 2.24) is 4.90 Å². The fraction of sp³-hybridized carbons (Fsp3) is 0.381. The van der Waals surface area contributed by atoms with Crippen LogP contribution in [0.15, 0.2) is 53.4 Å². The largest absolute Gasteiger partial charge is 0.462 e. The van der Waals surface area contributed by atoms with Gasteiger partial charge in [0.05, 0.1) is 13.2 Å². The fourth-order valence-electron chi connectivity index (χ4n) is 2.95. The number of nitriles is 1. The highest BCUT2D eigenvalue weighted by molar-refractivity contribution is 5.99. The molecule has 1 aromatic carbocycles. The van der Waals surface area contributed by atoms with Crippen LogP contribution in [0.25, 0.3) is 0 Å². The number of ether oxygens (including phenoxy) is 2. The maximum Gasteiger partial charge on any atom is 0.348 e. The van der Waals surface area contributed by atoms with Crippen molar-refractivity contribution < 1.29 is 19.1 Å². The highest BCUT2D eigenvalue weighted by Crippen LogP contribution is 2.19. The molecule has 0 saturated carbocycles. The van der Waals surface area contributed by atoms with Crippen LogP contribution in [0.3, 0.4) is 0 Å². The molecule has 8 nitrogen and oxygen atoms in total. The Kier molecular flexibility index (Phi) is 8.10. The van der Waals surface area contributed by atoms with Gasteiger partial charge in [0.2, 0.25) is 0 Å². The van der Waals surface area contributed by atoms with Crippen LogP contribution < -0.4 is 10.6 Å². The van der Waals surface area contributed by atoms with E-state index in [4.69, 9.17) is 15.2 Å². The van der Waals surface area contributed by atoms with Crippen molar-refractivity contribution in [3.8, 4) is 6.07 Å². The van der Waals surface area contributed by atoms with Crippen molar-refractivity contribution in [2.24, 2.45) is 5.73 Å². The van der Waals surface area contributed by atoms with E-state index in [1.165, 1.54) is 0 Å². The summed E-state index contributed by atoms with van der Waals surface area (Å²) in [5, 5.41) is 9.28. The van der Waals surface area contributed by atoms with Gasteiger partial charge in [0.1, 0.15) is 23.0 Å². The van der Waals surface area contributed by atoms with E-state index in [-0.39, 0.29) is 30.2 Å². The molecule has 0 bridgehead atoms. The molecule has 1 fully saturated rings. The molecule has 8 heteroatoms. The number of nitrogens with zero attached hydrogens (tertiary/aromatic N) is 3. The van der Waals surface area contributed by atoms with E-state index in [2.05, 4.69) is 4.90 Å². The van der Waals surface area contributed by atoms with Gasteiger partial charge in [-0.1, -0.05) is 18.2 Å². The Morgan fingerprint density at radius 2 is 1.66 bits per heavy atom. The number of benzene rings is 1. The summed E-state index contributed by atoms with van der Waals surface area (Å²) in [5.74, 6) is -1.32. The van der Waals surface area contributed by atoms with Crippen molar-refractivity contribution in [2.75, 3.05) is 44.3 Å². The lowest BCUT2D eigenvalue weighted by atomic mass is 10.1. The standard InChI is InChI=1S/C21H26N4O4/c1-3-28-20(26)16(15-22)14-18(21(27)29-4-2)19(23)25-12-10-24(11-13-25)17-8-6-5-7-9-17/h5-9,14H,3-4,10-13,23H2,1-2H3/b16-14+,19-18+. The minimum Gasteiger partial charge on any atom is -0.462 e. The number of para-hydroxylation sites is 1. The average Bonchev–Trinajstić information content (AvgIpc) is 2.75. The van der Waals surface area contributed by atoms with Gasteiger partial charge in [-0.15, -0.1) is 0 Å². The molecule has 29 heavy (non-hydrogen) atoms. The molecule has 0 aromatic heterocycles. The summed E-state index contributed by atoms with van der Waals surface area (Å²) in [6.45, 7) is 6.17. The van der Waals surface area contributed by atoms with Gasteiger partial charge < -0.3 is 25.0 Å². The molecule has 0 spiro atoms. The third-order valence-electron chi connectivity index (χ3n) is 4.42. The average molecular weight is 398 g/mol. The van der Waals surface area contributed by atoms with Crippen molar-refractivity contribution in [3.63, 3.8) is 0 Å². The van der Waals surface area contributed by atoms with Crippen LogP contribution in [-0.2, 0) is 19.1 Å². The monoisotopic (exact) mass is 398 g/mol. The number of rotatable bonds is 7. The Labute approximate surface area is 170 Å². The van der Waals surface area contributed by atoms with Crippen LogP contribution in [0.1, 0.15) is 13.8 Å². The summed E-state index contributed by atoms with van der Waals surface area (Å²) in [4.78, 5) is 28.5. The Hall–Kier alpha value is -3.47. The van der Waals surface area contributed by atoms with Crippen molar-refractivity contribution in [3.05, 3.63) is 53.4 Å². The van der Waals surface area contributed by atoms with E-state index < -0.39 is 11.9 Å². The number of nitrogens with two attached hydrogens (primary N) is 1. The summed E-state index contributed by atoms with van der Waals surface area (Å²) >= 11 is 0. The summed E-state index contributed by atoms with van der Waals surface area (Å²) in [5.41, 5.74) is 7.06. The van der Waals surface area contributed by atoms with Crippen LogP contribution in [0.5, 0.6) is 0 Å². The molecular weight excluding hydrogens is 372 g/mol. The van der Waals surface area contributed by atoms with E-state index in [1.54, 1.807) is 19.9 Å². The second kappa shape index (κ2) is 10.8. The minimum atomic E-state index is -0.807. The zero-order valence-corrected chi connectivity index (χ0v) is 16.8. The van der Waals surface area contributed by atoms with Gasteiger partial charge in [0.15, 0.2) is 0 Å². The van der Waals surface area contributed by atoms with Crippen LogP contribution in [-0.4, -0.2) is 56.2 Å². The Morgan fingerprint density at radius 3 is 2.21 bits per heavy atom. The van der Waals surface area contributed by atoms with Crippen LogP contribution in [0, 0.1) is 11.3 Å². The summed E-state index contributed by atoms with van der Waals surface area (Å²) in [6, 6.07) is 11.8. The molecule has 1 aliphatic heterocycles. The fourth-order valence-corrected chi connectivity index (χ4v) is 2.95. The lowest BCUT2D eigenvalue weighted by Gasteiger charge is -2.37. The molecular formula is C21H26N4O4. The van der Waals surface area contributed by atoms with Crippen molar-refractivity contribution in [1.29, 1.82) is 5.26 Å². The smallest absolute Gasteiger partial charge is 0.348 e. The van der Waals surface area contributed by atoms with Crippen molar-refractivity contribution in [2.45, 2.75) is 13.8 Å². The predicted molar refractivity (Wildman–Crippen MR) is 108 cm³/mol. The molecule has 1 aromatic rings. The number of piperazine rings is 1. The Bertz CT molecular complexity index is 819. The van der Waals surface area contributed by atoms with E-state index in [1.807, 2.05) is 35.2 Å². The lowest BCUT2D eigenvalue weighted by molar-refractivity contribution is -0.138. The van der Waals surface area contributed by atoms with Gasteiger partial charge in [0.25, 0.3) is 0 Å². The first-order chi connectivity index (χ1) is 14.0. The normalized spacial score (nSPS) is 15.3. The van der Waals surface area contributed by atoms with E-state index >= 15 is 0 Å². The van der Waals surface area contributed by atoms with E-state index in [9.17, 15) is 14.9 Å². The molecule has 0 aliphatic carbocycles. The first-order valence-corrected chi connectivity index (χ1v) is 9.52. The van der Waals surface area contributed by atoms with Gasteiger partial charge in [-0.25, -0.2) is 9.59 Å². The first-order valence-electron chi connectivity index (χ1n) is 9.52. The van der Waals surface area contributed by atoms with Gasteiger partial charge in [-0.3, -0.25) is 0 Å². The van der Waals surface area contributed by atoms with Crippen molar-refractivity contribution >= 4 is 17.6 Å². The van der Waals surface area contributed by atoms with Gasteiger partial charge in [-0.05, 0) is 32.1 Å². The summed E-state index contributed by atoms with van der Waals surface area (Å²) in [6.07, 6.45) is 1.15. The second-order valence-corrected chi connectivity index (χ2v) is 6.22. The molecule has 2 rings (SSSR count). The number of esters is 2. The number of hydrogen-bond donors (Lipinski definition) is 1. The first kappa shape index (κ1) is 21.8. The number of carbonyl (C=O) groups excluding carboxylic acids is 2. The molecule has 0 radical (unpaired) electrons. The molecule has 2 N–H and O–H groups in total. The lowest BCUT2D eigenvalue weighted by Crippen LogP contribution is -2.48. The maximum absolute atomic E-state index is 12.4.